The minimum absolute atomic E-state index is 0.317. The molecular weight excluding hydrogens is 456 g/mol. The second kappa shape index (κ2) is 8.04. The molecule has 0 heteroatoms. The molecule has 0 heterocycles. The summed E-state index contributed by atoms with van der Waals surface area (Å²) in [5.74, 6) is 0.633. The highest BCUT2D eigenvalue weighted by Crippen LogP contribution is 2.51. The van der Waals surface area contributed by atoms with E-state index in [1.807, 2.05) is 0 Å². The van der Waals surface area contributed by atoms with E-state index >= 15 is 0 Å². The van der Waals surface area contributed by atoms with Crippen LogP contribution < -0.4 is 0 Å². The second-order valence-electron chi connectivity index (χ2n) is 11.0. The van der Waals surface area contributed by atoms with Crippen LogP contribution in [-0.4, -0.2) is 0 Å². The summed E-state index contributed by atoms with van der Waals surface area (Å²) in [6.45, 7) is 4.44. The van der Waals surface area contributed by atoms with Crippen LogP contribution in [0.2, 0.25) is 0 Å². The number of fused-ring (bicyclic) bond motifs is 2. The van der Waals surface area contributed by atoms with Gasteiger partial charge in [0.15, 0.2) is 0 Å². The summed E-state index contributed by atoms with van der Waals surface area (Å²) in [5, 5.41) is 5.31. The van der Waals surface area contributed by atoms with Gasteiger partial charge in [0, 0.05) is 11.8 Å². The summed E-state index contributed by atoms with van der Waals surface area (Å²) in [6.07, 6.45) is 4.86. The van der Waals surface area contributed by atoms with Crippen molar-refractivity contribution < 1.29 is 0 Å². The van der Waals surface area contributed by atoms with Crippen LogP contribution in [0.4, 0.5) is 0 Å². The summed E-state index contributed by atoms with van der Waals surface area (Å²) in [7, 11) is 0. The van der Waals surface area contributed by atoms with Crippen molar-refractivity contribution >= 4 is 21.5 Å². The predicted octanol–water partition coefficient (Wildman–Crippen LogP) is 10.1. The van der Waals surface area contributed by atoms with E-state index in [0.29, 0.717) is 11.8 Å². The monoisotopic (exact) mass is 484 g/mol. The second-order valence-corrected chi connectivity index (χ2v) is 11.0. The number of hydrogen-bond acceptors (Lipinski definition) is 0. The Kier molecular flexibility index (Phi) is 4.58. The topological polar surface area (TPSA) is 0 Å². The molecule has 2 atom stereocenters. The van der Waals surface area contributed by atoms with Gasteiger partial charge >= 0.3 is 0 Å². The van der Waals surface area contributed by atoms with Crippen molar-refractivity contribution in [2.45, 2.75) is 25.7 Å². The van der Waals surface area contributed by atoms with Crippen molar-refractivity contribution in [3.63, 3.8) is 0 Å². The van der Waals surface area contributed by atoms with E-state index < -0.39 is 0 Å². The fourth-order valence-corrected chi connectivity index (χ4v) is 6.91. The summed E-state index contributed by atoms with van der Waals surface area (Å²) < 4.78 is 0. The Morgan fingerprint density at radius 3 is 1.16 bits per heavy atom. The highest BCUT2D eigenvalue weighted by atomic mass is 14.4. The van der Waals surface area contributed by atoms with Crippen molar-refractivity contribution in [1.82, 2.24) is 0 Å². The SMILES string of the molecule is Cc1ccccc1-c1cc2cc3c(cc2cc1-c1ccccc1C)C1C=CC3c2cc3ccccc3cc21. The maximum Gasteiger partial charge on any atom is 0.0276 e. The Morgan fingerprint density at radius 1 is 0.368 bits per heavy atom. The van der Waals surface area contributed by atoms with Gasteiger partial charge in [0.2, 0.25) is 0 Å². The lowest BCUT2D eigenvalue weighted by Gasteiger charge is -2.37. The first-order valence-corrected chi connectivity index (χ1v) is 13.6. The van der Waals surface area contributed by atoms with Gasteiger partial charge in [0.1, 0.15) is 0 Å². The van der Waals surface area contributed by atoms with Crippen LogP contribution in [0.5, 0.6) is 0 Å². The van der Waals surface area contributed by atoms with E-state index in [1.54, 1.807) is 0 Å². The minimum Gasteiger partial charge on any atom is -0.0757 e. The molecule has 0 N–H and O–H groups in total. The number of allylic oxidation sites excluding steroid dienone is 2. The van der Waals surface area contributed by atoms with Gasteiger partial charge in [-0.25, -0.2) is 0 Å². The van der Waals surface area contributed by atoms with Crippen LogP contribution in [0.3, 0.4) is 0 Å². The molecule has 3 aliphatic carbocycles. The van der Waals surface area contributed by atoms with Gasteiger partial charge in [0.25, 0.3) is 0 Å². The van der Waals surface area contributed by atoms with Crippen molar-refractivity contribution in [3.05, 3.63) is 155 Å². The van der Waals surface area contributed by atoms with Gasteiger partial charge in [-0.05, 0) is 127 Å². The first-order valence-electron chi connectivity index (χ1n) is 13.6. The lowest BCUT2D eigenvalue weighted by atomic mass is 9.67. The molecule has 6 aromatic carbocycles. The molecular formula is C38H28. The number of hydrogen-bond donors (Lipinski definition) is 0. The van der Waals surface area contributed by atoms with Gasteiger partial charge < -0.3 is 0 Å². The van der Waals surface area contributed by atoms with Gasteiger partial charge in [-0.3, -0.25) is 0 Å². The first-order chi connectivity index (χ1) is 18.7. The zero-order valence-corrected chi connectivity index (χ0v) is 21.7. The zero-order valence-electron chi connectivity index (χ0n) is 21.7. The highest BCUT2D eigenvalue weighted by Gasteiger charge is 2.34. The molecule has 0 radical (unpaired) electrons. The molecule has 9 rings (SSSR count). The highest BCUT2D eigenvalue weighted by molar-refractivity contribution is 5.99. The smallest absolute Gasteiger partial charge is 0.0276 e. The van der Waals surface area contributed by atoms with Crippen molar-refractivity contribution in [2.24, 2.45) is 0 Å². The van der Waals surface area contributed by atoms with Crippen LogP contribution in [0, 0.1) is 13.8 Å². The molecule has 6 aromatic rings. The molecule has 0 nitrogen and oxygen atoms in total. The van der Waals surface area contributed by atoms with Crippen LogP contribution in [-0.2, 0) is 0 Å². The van der Waals surface area contributed by atoms with Gasteiger partial charge in [-0.1, -0.05) is 84.9 Å². The molecule has 0 saturated carbocycles. The molecule has 2 unspecified atom stereocenters. The molecule has 0 aliphatic heterocycles. The Bertz CT molecular complexity index is 1810. The summed E-state index contributed by atoms with van der Waals surface area (Å²) in [4.78, 5) is 0. The summed E-state index contributed by atoms with van der Waals surface area (Å²) >= 11 is 0. The maximum atomic E-state index is 2.48. The maximum absolute atomic E-state index is 2.48. The van der Waals surface area contributed by atoms with Crippen molar-refractivity contribution in [3.8, 4) is 22.3 Å². The largest absolute Gasteiger partial charge is 0.0757 e. The fourth-order valence-electron chi connectivity index (χ4n) is 6.91. The Hall–Kier alpha value is -4.42. The third kappa shape index (κ3) is 3.10. The third-order valence-electron chi connectivity index (χ3n) is 8.84. The van der Waals surface area contributed by atoms with E-state index in [-0.39, 0.29) is 0 Å². The van der Waals surface area contributed by atoms with Crippen LogP contribution in [0.15, 0.2) is 121 Å². The average Bonchev–Trinajstić information content (AvgIpc) is 2.95. The van der Waals surface area contributed by atoms with E-state index in [1.165, 1.54) is 77.2 Å². The normalized spacial score (nSPS) is 17.1. The standard InChI is InChI=1S/C38H28/c1-23-9-3-7-13-29(23)33-19-27-21-37-31-15-16-32(36-18-26-12-6-5-11-25(26)17-35(31)36)38(37)22-28(27)20-34(33)30-14-8-4-10-24(30)2/h3-22,31-32H,1-2H3. The lowest BCUT2D eigenvalue weighted by Crippen LogP contribution is -2.20. The molecule has 0 saturated heterocycles. The van der Waals surface area contributed by atoms with Crippen LogP contribution >= 0.6 is 0 Å². The fraction of sp³-hybridized carbons (Fsp3) is 0.105. The number of rotatable bonds is 2. The van der Waals surface area contributed by atoms with Crippen molar-refractivity contribution in [1.29, 1.82) is 0 Å². The van der Waals surface area contributed by atoms with Gasteiger partial charge in [0.05, 0.1) is 0 Å². The molecule has 180 valence electrons. The van der Waals surface area contributed by atoms with E-state index in [4.69, 9.17) is 0 Å². The Morgan fingerprint density at radius 2 is 0.737 bits per heavy atom. The molecule has 3 aliphatic rings. The van der Waals surface area contributed by atoms with E-state index in [0.717, 1.165) is 0 Å². The van der Waals surface area contributed by atoms with E-state index in [2.05, 4.69) is 135 Å². The minimum atomic E-state index is 0.317. The van der Waals surface area contributed by atoms with Crippen molar-refractivity contribution in [2.75, 3.05) is 0 Å². The summed E-state index contributed by atoms with van der Waals surface area (Å²) in [5.41, 5.74) is 13.7. The molecule has 38 heavy (non-hydrogen) atoms. The zero-order chi connectivity index (χ0) is 25.4. The van der Waals surface area contributed by atoms with Crippen LogP contribution in [0.25, 0.3) is 43.8 Å². The van der Waals surface area contributed by atoms with E-state index in [9.17, 15) is 0 Å². The number of benzene rings is 6. The average molecular weight is 485 g/mol. The summed E-state index contributed by atoms with van der Waals surface area (Å²) in [6, 6.07) is 41.0. The first kappa shape index (κ1) is 21.6. The third-order valence-corrected chi connectivity index (χ3v) is 8.84. The molecule has 2 bridgehead atoms. The van der Waals surface area contributed by atoms with Gasteiger partial charge in [-0.15, -0.1) is 0 Å². The molecule has 0 aromatic heterocycles. The number of aryl methyl sites for hydroxylation is 2. The molecule has 0 amide bonds. The lowest BCUT2D eigenvalue weighted by molar-refractivity contribution is 0.817. The van der Waals surface area contributed by atoms with Crippen LogP contribution in [0.1, 0.15) is 45.2 Å². The predicted molar refractivity (Wildman–Crippen MR) is 161 cm³/mol. The quantitative estimate of drug-likeness (QED) is 0.214. The Labute approximate surface area is 223 Å². The Balaban J connectivity index is 1.39. The van der Waals surface area contributed by atoms with Gasteiger partial charge in [-0.2, -0.15) is 0 Å². The molecule has 0 spiro atoms. The molecule has 0 fully saturated rings.